The van der Waals surface area contributed by atoms with E-state index < -0.39 is 13.0 Å². The van der Waals surface area contributed by atoms with Crippen LogP contribution in [0.25, 0.3) is 22.2 Å². The molecule has 0 saturated heterocycles. The van der Waals surface area contributed by atoms with Crippen LogP contribution in [0.3, 0.4) is 0 Å². The van der Waals surface area contributed by atoms with Crippen LogP contribution in [0.1, 0.15) is 21.9 Å². The maximum Gasteiger partial charge on any atom is 0.489 e. The second kappa shape index (κ2) is 7.83. The fraction of sp³-hybridized carbons (Fsp3) is 0.143. The van der Waals surface area contributed by atoms with Gasteiger partial charge in [0.25, 0.3) is 0 Å². The minimum atomic E-state index is -1.68. The molecule has 0 aliphatic rings. The number of aromatic nitrogens is 1. The number of H-pyrrole nitrogens is 1. The van der Waals surface area contributed by atoms with E-state index in [4.69, 9.17) is 0 Å². The summed E-state index contributed by atoms with van der Waals surface area (Å²) in [6, 6.07) is 17.3. The molecule has 3 N–H and O–H groups in total. The van der Waals surface area contributed by atoms with E-state index in [9.17, 15) is 20.2 Å². The summed E-state index contributed by atoms with van der Waals surface area (Å²) in [5.41, 5.74) is 4.82. The summed E-state index contributed by atoms with van der Waals surface area (Å²) in [4.78, 5) is 15.3. The molecule has 0 saturated carbocycles. The van der Waals surface area contributed by atoms with Crippen molar-refractivity contribution in [3.63, 3.8) is 0 Å². The molecule has 0 spiro atoms. The number of fused-ring (bicyclic) bond motifs is 1. The van der Waals surface area contributed by atoms with Crippen LogP contribution in [0.2, 0.25) is 0 Å². The summed E-state index contributed by atoms with van der Waals surface area (Å²) < 4.78 is 0. The molecular formula is C21H19BN2O4S. The summed E-state index contributed by atoms with van der Waals surface area (Å²) in [6.07, 6.45) is 0. The van der Waals surface area contributed by atoms with Crippen LogP contribution in [0, 0.1) is 17.0 Å². The fourth-order valence-electron chi connectivity index (χ4n) is 3.81. The average Bonchev–Trinajstić information content (AvgIpc) is 3.31. The minimum absolute atomic E-state index is 0.308. The SMILES string of the molecule is Cc1ccc2c(C(C[N+](=O)[O-])c3sccc3B(O)O)c(-c3ccccc3)[nH]c2c1. The highest BCUT2D eigenvalue weighted by atomic mass is 32.1. The Morgan fingerprint density at radius 2 is 1.93 bits per heavy atom. The van der Waals surface area contributed by atoms with E-state index >= 15 is 0 Å². The highest BCUT2D eigenvalue weighted by Crippen LogP contribution is 2.40. The molecule has 4 rings (SSSR count). The molecule has 2 aromatic carbocycles. The molecule has 29 heavy (non-hydrogen) atoms. The van der Waals surface area contributed by atoms with Gasteiger partial charge in [-0.2, -0.15) is 0 Å². The number of hydrogen-bond donors (Lipinski definition) is 3. The van der Waals surface area contributed by atoms with Crippen molar-refractivity contribution in [3.8, 4) is 11.3 Å². The molecule has 0 fully saturated rings. The topological polar surface area (TPSA) is 99.4 Å². The van der Waals surface area contributed by atoms with Gasteiger partial charge in [0.2, 0.25) is 6.54 Å². The van der Waals surface area contributed by atoms with Crippen molar-refractivity contribution in [3.05, 3.63) is 86.1 Å². The van der Waals surface area contributed by atoms with Gasteiger partial charge in [-0.3, -0.25) is 10.1 Å². The van der Waals surface area contributed by atoms with Crippen LogP contribution < -0.4 is 5.46 Å². The Hall–Kier alpha value is -2.94. The Bertz CT molecular complexity index is 1170. The third-order valence-corrected chi connectivity index (χ3v) is 6.10. The van der Waals surface area contributed by atoms with Gasteiger partial charge in [0, 0.05) is 26.3 Å². The summed E-state index contributed by atoms with van der Waals surface area (Å²) >= 11 is 1.30. The van der Waals surface area contributed by atoms with Crippen molar-refractivity contribution in [2.75, 3.05) is 6.54 Å². The normalized spacial score (nSPS) is 12.2. The van der Waals surface area contributed by atoms with E-state index in [1.807, 2.05) is 55.5 Å². The highest BCUT2D eigenvalue weighted by molar-refractivity contribution is 7.11. The summed E-state index contributed by atoms with van der Waals surface area (Å²) in [6.45, 7) is 1.65. The summed E-state index contributed by atoms with van der Waals surface area (Å²) in [5.74, 6) is -0.617. The second-order valence-electron chi connectivity index (χ2n) is 7.01. The largest absolute Gasteiger partial charge is 0.489 e. The van der Waals surface area contributed by atoms with Crippen molar-refractivity contribution >= 4 is 34.8 Å². The number of nitrogens with one attached hydrogen (secondary N) is 1. The standard InChI is InChI=1S/C21H19BN2O4S/c1-13-7-8-15-18(11-13)23-20(14-5-3-2-4-6-14)19(15)16(12-24(27)28)21-17(22(25)26)9-10-29-21/h2-11,16,23,25-26H,12H2,1H3. The lowest BCUT2D eigenvalue weighted by Gasteiger charge is -2.16. The molecule has 146 valence electrons. The van der Waals surface area contributed by atoms with Gasteiger partial charge >= 0.3 is 7.12 Å². The van der Waals surface area contributed by atoms with Gasteiger partial charge in [0.1, 0.15) is 0 Å². The molecule has 8 heteroatoms. The van der Waals surface area contributed by atoms with Crippen LogP contribution >= 0.6 is 11.3 Å². The molecule has 0 aliphatic carbocycles. The second-order valence-corrected chi connectivity index (χ2v) is 7.96. The zero-order valence-electron chi connectivity index (χ0n) is 15.7. The van der Waals surface area contributed by atoms with Crippen LogP contribution in [0.15, 0.2) is 60.0 Å². The average molecular weight is 406 g/mol. The summed E-state index contributed by atoms with van der Waals surface area (Å²) in [5, 5.41) is 33.8. The smallest absolute Gasteiger partial charge is 0.423 e. The quantitative estimate of drug-likeness (QED) is 0.260. The zero-order valence-corrected chi connectivity index (χ0v) is 16.5. The van der Waals surface area contributed by atoms with Crippen LogP contribution in [0.4, 0.5) is 0 Å². The third kappa shape index (κ3) is 3.70. The first kappa shape index (κ1) is 19.4. The van der Waals surface area contributed by atoms with E-state index in [1.54, 1.807) is 11.4 Å². The predicted molar refractivity (Wildman–Crippen MR) is 116 cm³/mol. The van der Waals surface area contributed by atoms with Gasteiger partial charge in [0.15, 0.2) is 0 Å². The Balaban J connectivity index is 2.02. The maximum absolute atomic E-state index is 11.6. The van der Waals surface area contributed by atoms with E-state index in [0.29, 0.717) is 10.3 Å². The number of nitrogens with zero attached hydrogens (tertiary/aromatic N) is 1. The molecule has 6 nitrogen and oxygen atoms in total. The van der Waals surface area contributed by atoms with Gasteiger partial charge in [-0.05, 0) is 35.0 Å². The van der Waals surface area contributed by atoms with Crippen molar-refractivity contribution in [1.82, 2.24) is 4.98 Å². The summed E-state index contributed by atoms with van der Waals surface area (Å²) in [7, 11) is -1.68. The predicted octanol–water partition coefficient (Wildman–Crippen LogP) is 3.29. The maximum atomic E-state index is 11.6. The van der Waals surface area contributed by atoms with E-state index in [-0.39, 0.29) is 11.5 Å². The Morgan fingerprint density at radius 3 is 2.62 bits per heavy atom. The lowest BCUT2D eigenvalue weighted by atomic mass is 9.76. The van der Waals surface area contributed by atoms with Gasteiger partial charge < -0.3 is 15.0 Å². The number of aryl methyl sites for hydroxylation is 1. The van der Waals surface area contributed by atoms with Crippen molar-refractivity contribution < 1.29 is 15.0 Å². The zero-order chi connectivity index (χ0) is 20.5. The number of hydrogen-bond acceptors (Lipinski definition) is 5. The Kier molecular flexibility index (Phi) is 5.23. The molecule has 1 atom stereocenters. The first-order chi connectivity index (χ1) is 14.0. The number of rotatable bonds is 6. The molecule has 0 aliphatic heterocycles. The first-order valence-electron chi connectivity index (χ1n) is 9.18. The molecular weight excluding hydrogens is 387 g/mol. The molecule has 2 heterocycles. The lowest BCUT2D eigenvalue weighted by Crippen LogP contribution is -2.33. The molecule has 4 aromatic rings. The molecule has 2 aromatic heterocycles. The molecule has 1 unspecified atom stereocenters. The van der Waals surface area contributed by atoms with Gasteiger partial charge in [-0.1, -0.05) is 48.5 Å². The van der Waals surface area contributed by atoms with Crippen LogP contribution in [0.5, 0.6) is 0 Å². The van der Waals surface area contributed by atoms with E-state index in [1.165, 1.54) is 11.3 Å². The van der Waals surface area contributed by atoms with Gasteiger partial charge in [-0.25, -0.2) is 0 Å². The van der Waals surface area contributed by atoms with Crippen molar-refractivity contribution in [2.45, 2.75) is 12.8 Å². The minimum Gasteiger partial charge on any atom is -0.423 e. The monoisotopic (exact) mass is 406 g/mol. The lowest BCUT2D eigenvalue weighted by molar-refractivity contribution is -0.481. The van der Waals surface area contributed by atoms with Crippen molar-refractivity contribution in [1.29, 1.82) is 0 Å². The molecule has 0 amide bonds. The Morgan fingerprint density at radius 1 is 1.17 bits per heavy atom. The number of nitro groups is 1. The van der Waals surface area contributed by atoms with Crippen LogP contribution in [-0.2, 0) is 0 Å². The van der Waals surface area contributed by atoms with Crippen molar-refractivity contribution in [2.24, 2.45) is 0 Å². The third-order valence-electron chi connectivity index (χ3n) is 5.06. The van der Waals surface area contributed by atoms with Gasteiger partial charge in [-0.15, -0.1) is 11.3 Å². The first-order valence-corrected chi connectivity index (χ1v) is 10.1. The van der Waals surface area contributed by atoms with E-state index in [2.05, 4.69) is 4.98 Å². The number of benzene rings is 2. The van der Waals surface area contributed by atoms with Crippen LogP contribution in [-0.4, -0.2) is 33.6 Å². The van der Waals surface area contributed by atoms with E-state index in [0.717, 1.165) is 33.3 Å². The number of thiophene rings is 1. The number of aromatic amines is 1. The molecule has 0 bridgehead atoms. The molecule has 0 radical (unpaired) electrons. The highest BCUT2D eigenvalue weighted by Gasteiger charge is 2.32. The van der Waals surface area contributed by atoms with Gasteiger partial charge in [0.05, 0.1) is 11.6 Å². The fourth-order valence-corrected chi connectivity index (χ4v) is 4.84. The Labute approximate surface area is 171 Å².